The molecule has 1 aromatic carbocycles. The molecule has 1 N–H and O–H groups in total. The molecule has 94 valence electrons. The highest BCUT2D eigenvalue weighted by atomic mass is 35.5. The Labute approximate surface area is 107 Å². The number of nitrogens with one attached hydrogen (secondary N) is 1. The molecule has 17 heavy (non-hydrogen) atoms. The highest BCUT2D eigenvalue weighted by Gasteiger charge is 2.27. The van der Waals surface area contributed by atoms with Crippen LogP contribution in [-0.2, 0) is 6.42 Å². The molecule has 1 aromatic rings. The molecule has 0 spiro atoms. The summed E-state index contributed by atoms with van der Waals surface area (Å²) in [6.45, 7) is 3.13. The number of hydrogen-bond donors (Lipinski definition) is 1. The fourth-order valence-electron chi connectivity index (χ4n) is 2.80. The van der Waals surface area contributed by atoms with Gasteiger partial charge in [-0.05, 0) is 43.4 Å². The summed E-state index contributed by atoms with van der Waals surface area (Å²) in [7, 11) is 0. The normalized spacial score (nSPS) is 24.2. The third kappa shape index (κ3) is 2.99. The van der Waals surface area contributed by atoms with Crippen LogP contribution in [0.4, 0.5) is 4.39 Å². The fraction of sp³-hybridized carbons (Fsp3) is 0.571. The van der Waals surface area contributed by atoms with Crippen molar-refractivity contribution in [3.63, 3.8) is 0 Å². The molecule has 0 amide bonds. The number of benzene rings is 1. The molecule has 1 aliphatic rings. The van der Waals surface area contributed by atoms with E-state index in [0.29, 0.717) is 17.0 Å². The van der Waals surface area contributed by atoms with Gasteiger partial charge in [-0.25, -0.2) is 4.39 Å². The Bertz CT molecular complexity index is 380. The molecule has 0 heterocycles. The van der Waals surface area contributed by atoms with Crippen LogP contribution in [-0.4, -0.2) is 12.6 Å². The number of halogens is 2. The van der Waals surface area contributed by atoms with Crippen molar-refractivity contribution in [3.8, 4) is 0 Å². The van der Waals surface area contributed by atoms with Gasteiger partial charge in [-0.2, -0.15) is 0 Å². The van der Waals surface area contributed by atoms with Crippen molar-refractivity contribution in [2.24, 2.45) is 5.92 Å². The predicted octanol–water partition coefficient (Wildman–Crippen LogP) is 3.80. The molecular formula is C14H19ClFN. The molecule has 2 atom stereocenters. The van der Waals surface area contributed by atoms with Crippen LogP contribution in [0, 0.1) is 11.7 Å². The Morgan fingerprint density at radius 3 is 3.00 bits per heavy atom. The summed E-state index contributed by atoms with van der Waals surface area (Å²) in [5.41, 5.74) is 0.946. The summed E-state index contributed by atoms with van der Waals surface area (Å²) >= 11 is 6.00. The minimum absolute atomic E-state index is 0.301. The highest BCUT2D eigenvalue weighted by molar-refractivity contribution is 6.31. The Balaban J connectivity index is 2.07. The van der Waals surface area contributed by atoms with Crippen molar-refractivity contribution in [2.45, 2.75) is 38.6 Å². The van der Waals surface area contributed by atoms with Gasteiger partial charge in [0.25, 0.3) is 0 Å². The monoisotopic (exact) mass is 255 g/mol. The lowest BCUT2D eigenvalue weighted by Crippen LogP contribution is -2.33. The lowest BCUT2D eigenvalue weighted by Gasteiger charge is -2.20. The summed E-state index contributed by atoms with van der Waals surface area (Å²) in [6.07, 6.45) is 4.58. The largest absolute Gasteiger partial charge is 0.314 e. The van der Waals surface area contributed by atoms with E-state index in [-0.39, 0.29) is 5.82 Å². The van der Waals surface area contributed by atoms with Gasteiger partial charge in [0.15, 0.2) is 0 Å². The van der Waals surface area contributed by atoms with E-state index in [4.69, 9.17) is 11.6 Å². The zero-order valence-electron chi connectivity index (χ0n) is 10.2. The van der Waals surface area contributed by atoms with Gasteiger partial charge in [0.05, 0.1) is 5.02 Å². The lowest BCUT2D eigenvalue weighted by atomic mass is 9.94. The third-order valence-electron chi connectivity index (χ3n) is 3.64. The van der Waals surface area contributed by atoms with Crippen LogP contribution < -0.4 is 5.32 Å². The highest BCUT2D eigenvalue weighted by Crippen LogP contribution is 2.31. The summed E-state index contributed by atoms with van der Waals surface area (Å²) in [6, 6.07) is 5.67. The van der Waals surface area contributed by atoms with Gasteiger partial charge in [-0.3, -0.25) is 0 Å². The van der Waals surface area contributed by atoms with Crippen LogP contribution in [0.25, 0.3) is 0 Å². The van der Waals surface area contributed by atoms with Crippen molar-refractivity contribution >= 4 is 11.6 Å². The maximum atomic E-state index is 13.4. The minimum atomic E-state index is -0.304. The van der Waals surface area contributed by atoms with Gasteiger partial charge in [-0.15, -0.1) is 0 Å². The van der Waals surface area contributed by atoms with Crippen molar-refractivity contribution in [2.75, 3.05) is 6.54 Å². The van der Waals surface area contributed by atoms with E-state index >= 15 is 0 Å². The molecule has 2 rings (SSSR count). The van der Waals surface area contributed by atoms with E-state index in [1.54, 1.807) is 6.07 Å². The van der Waals surface area contributed by atoms with Crippen LogP contribution in [0.5, 0.6) is 0 Å². The van der Waals surface area contributed by atoms with Gasteiger partial charge in [-0.1, -0.05) is 37.1 Å². The first-order valence-electron chi connectivity index (χ1n) is 6.38. The predicted molar refractivity (Wildman–Crippen MR) is 69.9 cm³/mol. The SMILES string of the molecule is CCNC1CCCC1Cc1cccc(F)c1Cl. The van der Waals surface area contributed by atoms with Crippen LogP contribution in [0.1, 0.15) is 31.7 Å². The standard InChI is InChI=1S/C14H19ClFN/c1-2-17-13-8-4-5-10(13)9-11-6-3-7-12(16)14(11)15/h3,6-7,10,13,17H,2,4-5,8-9H2,1H3. The topological polar surface area (TPSA) is 12.0 Å². The zero-order chi connectivity index (χ0) is 12.3. The summed E-state index contributed by atoms with van der Waals surface area (Å²) in [5, 5.41) is 3.81. The molecule has 0 bridgehead atoms. The first-order chi connectivity index (χ1) is 8.22. The van der Waals surface area contributed by atoms with Crippen LogP contribution in [0.2, 0.25) is 5.02 Å². The van der Waals surface area contributed by atoms with Crippen molar-refractivity contribution in [3.05, 3.63) is 34.6 Å². The fourth-order valence-corrected chi connectivity index (χ4v) is 3.00. The van der Waals surface area contributed by atoms with Crippen molar-refractivity contribution in [1.82, 2.24) is 5.32 Å². The Morgan fingerprint density at radius 2 is 2.24 bits per heavy atom. The van der Waals surface area contributed by atoms with Crippen LogP contribution in [0.15, 0.2) is 18.2 Å². The average molecular weight is 256 g/mol. The second kappa shape index (κ2) is 5.83. The first kappa shape index (κ1) is 12.8. The van der Waals surface area contributed by atoms with E-state index in [2.05, 4.69) is 12.2 Å². The van der Waals surface area contributed by atoms with E-state index in [1.165, 1.54) is 25.3 Å². The second-order valence-electron chi connectivity index (χ2n) is 4.77. The van der Waals surface area contributed by atoms with E-state index < -0.39 is 0 Å². The summed E-state index contributed by atoms with van der Waals surface area (Å²) < 4.78 is 13.4. The molecule has 0 aromatic heterocycles. The molecule has 0 radical (unpaired) electrons. The van der Waals surface area contributed by atoms with E-state index in [9.17, 15) is 4.39 Å². The van der Waals surface area contributed by atoms with Crippen molar-refractivity contribution in [1.29, 1.82) is 0 Å². The van der Waals surface area contributed by atoms with Gasteiger partial charge >= 0.3 is 0 Å². The lowest BCUT2D eigenvalue weighted by molar-refractivity contribution is 0.406. The van der Waals surface area contributed by atoms with Gasteiger partial charge in [0.2, 0.25) is 0 Å². The smallest absolute Gasteiger partial charge is 0.142 e. The molecule has 0 aliphatic heterocycles. The second-order valence-corrected chi connectivity index (χ2v) is 5.15. The average Bonchev–Trinajstić information content (AvgIpc) is 2.73. The molecule has 1 fully saturated rings. The molecule has 1 nitrogen and oxygen atoms in total. The molecule has 0 saturated heterocycles. The Morgan fingerprint density at radius 1 is 1.41 bits per heavy atom. The van der Waals surface area contributed by atoms with Crippen molar-refractivity contribution < 1.29 is 4.39 Å². The third-order valence-corrected chi connectivity index (χ3v) is 4.06. The Hall–Kier alpha value is -0.600. The summed E-state index contributed by atoms with van der Waals surface area (Å²) in [5.74, 6) is 0.288. The van der Waals surface area contributed by atoms with Gasteiger partial charge in [0, 0.05) is 6.04 Å². The maximum Gasteiger partial charge on any atom is 0.142 e. The number of hydrogen-bond acceptors (Lipinski definition) is 1. The Kier molecular flexibility index (Phi) is 4.41. The van der Waals surface area contributed by atoms with E-state index in [0.717, 1.165) is 18.5 Å². The zero-order valence-corrected chi connectivity index (χ0v) is 10.9. The number of rotatable bonds is 4. The molecule has 3 heteroatoms. The minimum Gasteiger partial charge on any atom is -0.314 e. The summed E-state index contributed by atoms with van der Waals surface area (Å²) in [4.78, 5) is 0. The van der Waals surface area contributed by atoms with Crippen LogP contribution >= 0.6 is 11.6 Å². The quantitative estimate of drug-likeness (QED) is 0.863. The molecular weight excluding hydrogens is 237 g/mol. The molecule has 2 unspecified atom stereocenters. The molecule has 1 saturated carbocycles. The molecule has 1 aliphatic carbocycles. The van der Waals surface area contributed by atoms with Gasteiger partial charge < -0.3 is 5.32 Å². The van der Waals surface area contributed by atoms with Gasteiger partial charge in [0.1, 0.15) is 5.82 Å². The van der Waals surface area contributed by atoms with Crippen LogP contribution in [0.3, 0.4) is 0 Å². The van der Waals surface area contributed by atoms with E-state index in [1.807, 2.05) is 6.07 Å². The first-order valence-corrected chi connectivity index (χ1v) is 6.76. The maximum absolute atomic E-state index is 13.4.